The van der Waals surface area contributed by atoms with Crippen LogP contribution >= 0.6 is 11.3 Å². The molecule has 1 heterocycles. The monoisotopic (exact) mass is 347 g/mol. The molecule has 5 nitrogen and oxygen atoms in total. The molecule has 2 aromatic rings. The smallest absolute Gasteiger partial charge is 0.337 e. The average molecular weight is 347 g/mol. The van der Waals surface area contributed by atoms with Crippen LogP contribution in [0, 0.1) is 0 Å². The first-order valence-corrected chi connectivity index (χ1v) is 8.33. The van der Waals surface area contributed by atoms with Crippen LogP contribution in [0.4, 0.5) is 0 Å². The number of aliphatic carboxylic acids is 1. The zero-order valence-electron chi connectivity index (χ0n) is 14.0. The molecule has 0 fully saturated rings. The van der Waals surface area contributed by atoms with Crippen molar-refractivity contribution in [3.63, 3.8) is 0 Å². The van der Waals surface area contributed by atoms with Gasteiger partial charge >= 0.3 is 5.97 Å². The Morgan fingerprint density at radius 2 is 2.08 bits per heavy atom. The third-order valence-corrected chi connectivity index (χ3v) is 4.21. The van der Waals surface area contributed by atoms with Gasteiger partial charge in [0.15, 0.2) is 11.5 Å². The summed E-state index contributed by atoms with van der Waals surface area (Å²) in [5, 5.41) is 11.3. The Hall–Kier alpha value is -2.31. The van der Waals surface area contributed by atoms with Gasteiger partial charge in [0.25, 0.3) is 0 Å². The van der Waals surface area contributed by atoms with Gasteiger partial charge in [0, 0.05) is 11.4 Å². The molecule has 0 atom stereocenters. The highest BCUT2D eigenvalue weighted by Gasteiger charge is 2.12. The number of carboxylic acids is 1. The number of nitrogens with zero attached hydrogens (tertiary/aromatic N) is 1. The van der Waals surface area contributed by atoms with Crippen molar-refractivity contribution in [2.24, 2.45) is 0 Å². The molecule has 1 N–H and O–H groups in total. The molecular formula is C18H21NO4S. The molecule has 0 aliphatic rings. The summed E-state index contributed by atoms with van der Waals surface area (Å²) in [6, 6.07) is 9.02. The average Bonchev–Trinajstić information content (AvgIpc) is 3.06. The van der Waals surface area contributed by atoms with Gasteiger partial charge in [-0.2, -0.15) is 0 Å². The van der Waals surface area contributed by atoms with Gasteiger partial charge < -0.3 is 19.5 Å². The first-order valence-electron chi connectivity index (χ1n) is 7.45. The summed E-state index contributed by atoms with van der Waals surface area (Å²) in [4.78, 5) is 14.3. The number of benzene rings is 1. The van der Waals surface area contributed by atoms with E-state index in [0.717, 1.165) is 12.1 Å². The maximum absolute atomic E-state index is 11.5. The van der Waals surface area contributed by atoms with Gasteiger partial charge in [0.05, 0.1) is 12.7 Å². The molecule has 0 saturated carbocycles. The van der Waals surface area contributed by atoms with Crippen molar-refractivity contribution in [3.8, 4) is 11.5 Å². The van der Waals surface area contributed by atoms with E-state index < -0.39 is 5.97 Å². The number of likely N-dealkylation sites (N-methyl/N-ethyl adjacent to an activating group) is 1. The highest BCUT2D eigenvalue weighted by Crippen LogP contribution is 2.30. The Morgan fingerprint density at radius 3 is 2.67 bits per heavy atom. The van der Waals surface area contributed by atoms with Crippen molar-refractivity contribution in [3.05, 3.63) is 46.2 Å². The van der Waals surface area contributed by atoms with E-state index in [1.807, 2.05) is 36.5 Å². The van der Waals surface area contributed by atoms with Gasteiger partial charge in [0.1, 0.15) is 6.61 Å². The fraction of sp³-hybridized carbons (Fsp3) is 0.278. The quantitative estimate of drug-likeness (QED) is 0.742. The Labute approximate surface area is 145 Å². The maximum Gasteiger partial charge on any atom is 0.337 e. The van der Waals surface area contributed by atoms with E-state index in [2.05, 4.69) is 0 Å². The van der Waals surface area contributed by atoms with Crippen LogP contribution in [0.5, 0.6) is 11.5 Å². The zero-order valence-corrected chi connectivity index (χ0v) is 14.8. The normalized spacial score (nSPS) is 11.6. The van der Waals surface area contributed by atoms with Crippen LogP contribution in [0.25, 0.3) is 11.6 Å². The van der Waals surface area contributed by atoms with Crippen LogP contribution in [-0.4, -0.2) is 50.3 Å². The van der Waals surface area contributed by atoms with E-state index in [1.165, 1.54) is 11.3 Å². The number of hydrogen-bond donors (Lipinski definition) is 1. The lowest BCUT2D eigenvalue weighted by Crippen LogP contribution is -2.19. The molecule has 0 spiro atoms. The van der Waals surface area contributed by atoms with Crippen molar-refractivity contribution >= 4 is 29.0 Å². The zero-order chi connectivity index (χ0) is 17.5. The van der Waals surface area contributed by atoms with E-state index >= 15 is 0 Å². The van der Waals surface area contributed by atoms with Crippen molar-refractivity contribution < 1.29 is 19.4 Å². The molecule has 0 bridgehead atoms. The lowest BCUT2D eigenvalue weighted by atomic mass is 10.1. The second-order valence-corrected chi connectivity index (χ2v) is 6.35. The van der Waals surface area contributed by atoms with Crippen molar-refractivity contribution in [2.45, 2.75) is 0 Å². The number of methoxy groups -OCH3 is 1. The number of thiophene rings is 1. The van der Waals surface area contributed by atoms with Crippen molar-refractivity contribution in [2.75, 3.05) is 34.4 Å². The van der Waals surface area contributed by atoms with Crippen molar-refractivity contribution in [1.82, 2.24) is 4.90 Å². The summed E-state index contributed by atoms with van der Waals surface area (Å²) in [6.07, 6.45) is 1.65. The highest BCUT2D eigenvalue weighted by molar-refractivity contribution is 7.11. The molecular weight excluding hydrogens is 326 g/mol. The third kappa shape index (κ3) is 4.84. The number of carboxylic acid groups (broad SMARTS) is 1. The molecule has 1 aromatic carbocycles. The Balaban J connectivity index is 2.29. The van der Waals surface area contributed by atoms with Gasteiger partial charge in [-0.15, -0.1) is 11.3 Å². The predicted molar refractivity (Wildman–Crippen MR) is 96.9 cm³/mol. The molecule has 6 heteroatoms. The van der Waals surface area contributed by atoms with Crippen molar-refractivity contribution in [1.29, 1.82) is 0 Å². The molecule has 0 amide bonds. The molecule has 2 rings (SSSR count). The Morgan fingerprint density at radius 1 is 1.29 bits per heavy atom. The van der Waals surface area contributed by atoms with Crippen LogP contribution in [-0.2, 0) is 4.79 Å². The minimum atomic E-state index is -0.955. The molecule has 24 heavy (non-hydrogen) atoms. The summed E-state index contributed by atoms with van der Waals surface area (Å²) < 4.78 is 11.1. The van der Waals surface area contributed by atoms with E-state index in [1.54, 1.807) is 31.4 Å². The van der Waals surface area contributed by atoms with Crippen LogP contribution in [0.15, 0.2) is 35.7 Å². The number of rotatable bonds is 8. The number of hydrogen-bond acceptors (Lipinski definition) is 5. The summed E-state index contributed by atoms with van der Waals surface area (Å²) in [5.74, 6) is 0.270. The van der Waals surface area contributed by atoms with E-state index in [4.69, 9.17) is 9.47 Å². The first-order chi connectivity index (χ1) is 11.5. The van der Waals surface area contributed by atoms with Crippen LogP contribution in [0.3, 0.4) is 0 Å². The first kappa shape index (κ1) is 18.0. The second kappa shape index (κ2) is 8.52. The molecule has 128 valence electrons. The van der Waals surface area contributed by atoms with Gasteiger partial charge in [-0.25, -0.2) is 4.79 Å². The highest BCUT2D eigenvalue weighted by atomic mass is 32.1. The van der Waals surface area contributed by atoms with E-state index in [0.29, 0.717) is 23.0 Å². The van der Waals surface area contributed by atoms with Crippen LogP contribution in [0.1, 0.15) is 10.4 Å². The second-order valence-electron chi connectivity index (χ2n) is 5.40. The summed E-state index contributed by atoms with van der Waals surface area (Å²) in [5.41, 5.74) is 1.01. The Bertz CT molecular complexity index is 708. The van der Waals surface area contributed by atoms with Gasteiger partial charge in [-0.05, 0) is 49.3 Å². The fourth-order valence-electron chi connectivity index (χ4n) is 2.07. The maximum atomic E-state index is 11.5. The largest absolute Gasteiger partial charge is 0.493 e. The molecule has 1 aromatic heterocycles. The molecule has 0 aliphatic carbocycles. The standard InChI is InChI=1S/C18H21NO4S/c1-19(2)8-9-23-16-12-13(6-7-15(16)22-3)11-14(18(20)21)17-5-4-10-24-17/h4-7,10-12H,8-9H2,1-3H3,(H,20,21)/b14-11-. The Kier molecular flexibility index (Phi) is 6.40. The molecule has 0 aliphatic heterocycles. The fourth-order valence-corrected chi connectivity index (χ4v) is 2.80. The van der Waals surface area contributed by atoms with Gasteiger partial charge in [-0.1, -0.05) is 12.1 Å². The number of carbonyl (C=O) groups is 1. The SMILES string of the molecule is COc1ccc(/C=C(\C(=O)O)c2cccs2)cc1OCCN(C)C. The van der Waals surface area contributed by atoms with E-state index in [-0.39, 0.29) is 5.57 Å². The predicted octanol–water partition coefficient (Wildman–Crippen LogP) is 3.32. The summed E-state index contributed by atoms with van der Waals surface area (Å²) in [6.45, 7) is 1.30. The van der Waals surface area contributed by atoms with Gasteiger partial charge in [-0.3, -0.25) is 0 Å². The third-order valence-electron chi connectivity index (χ3n) is 3.31. The molecule has 0 radical (unpaired) electrons. The minimum Gasteiger partial charge on any atom is -0.493 e. The number of ether oxygens (including phenoxy) is 2. The van der Waals surface area contributed by atoms with E-state index in [9.17, 15) is 9.90 Å². The van der Waals surface area contributed by atoms with Crippen LogP contribution < -0.4 is 9.47 Å². The molecule has 0 unspecified atom stereocenters. The summed E-state index contributed by atoms with van der Waals surface area (Å²) in [7, 11) is 5.53. The lowest BCUT2D eigenvalue weighted by Gasteiger charge is -2.14. The summed E-state index contributed by atoms with van der Waals surface area (Å²) >= 11 is 1.40. The van der Waals surface area contributed by atoms with Crippen LogP contribution in [0.2, 0.25) is 0 Å². The van der Waals surface area contributed by atoms with Gasteiger partial charge in [0.2, 0.25) is 0 Å². The molecule has 0 saturated heterocycles. The topological polar surface area (TPSA) is 59.0 Å². The lowest BCUT2D eigenvalue weighted by molar-refractivity contribution is -0.130. The minimum absolute atomic E-state index is 0.259.